The fourth-order valence-corrected chi connectivity index (χ4v) is 4.41. The average molecular weight is 327 g/mol. The molecule has 1 aromatic rings. The zero-order valence-electron chi connectivity index (χ0n) is 12.5. The molecule has 0 bridgehead atoms. The molecular weight excluding hydrogens is 306 g/mol. The van der Waals surface area contributed by atoms with E-state index in [0.29, 0.717) is 12.3 Å². The molecule has 21 heavy (non-hydrogen) atoms. The first-order valence-electron chi connectivity index (χ1n) is 6.89. The van der Waals surface area contributed by atoms with E-state index >= 15 is 0 Å². The standard InChI is InChI=1S/C14H21N3O2S2/c1-10(13(19)15-6-7-16(2)3)17-12(18)9-21-14(17)11-5-4-8-20-11/h4-5,8,10,14H,6-7,9H2,1-3H3,(H,15,19)/t10-,14+/m1/s1. The van der Waals surface area contributed by atoms with E-state index in [9.17, 15) is 9.59 Å². The van der Waals surface area contributed by atoms with Gasteiger partial charge in [-0.1, -0.05) is 6.07 Å². The van der Waals surface area contributed by atoms with Gasteiger partial charge in [-0.25, -0.2) is 0 Å². The lowest BCUT2D eigenvalue weighted by atomic mass is 10.2. The molecular formula is C14H21N3O2S2. The maximum Gasteiger partial charge on any atom is 0.242 e. The van der Waals surface area contributed by atoms with Crippen molar-refractivity contribution in [2.24, 2.45) is 0 Å². The second-order valence-corrected chi connectivity index (χ2v) is 7.30. The number of hydrogen-bond acceptors (Lipinski definition) is 5. The summed E-state index contributed by atoms with van der Waals surface area (Å²) >= 11 is 3.21. The van der Waals surface area contributed by atoms with Crippen LogP contribution in [-0.2, 0) is 9.59 Å². The summed E-state index contributed by atoms with van der Waals surface area (Å²) < 4.78 is 0. The fraction of sp³-hybridized carbons (Fsp3) is 0.571. The average Bonchev–Trinajstić information content (AvgIpc) is 3.06. The molecule has 1 fully saturated rings. The highest BCUT2D eigenvalue weighted by molar-refractivity contribution is 8.00. The minimum Gasteiger partial charge on any atom is -0.353 e. The van der Waals surface area contributed by atoms with Gasteiger partial charge in [0.25, 0.3) is 0 Å². The molecule has 0 radical (unpaired) electrons. The van der Waals surface area contributed by atoms with Gasteiger partial charge in [-0.05, 0) is 32.5 Å². The number of nitrogens with one attached hydrogen (secondary N) is 1. The van der Waals surface area contributed by atoms with Crippen molar-refractivity contribution in [3.63, 3.8) is 0 Å². The van der Waals surface area contributed by atoms with E-state index in [-0.39, 0.29) is 17.2 Å². The number of nitrogens with zero attached hydrogens (tertiary/aromatic N) is 2. The van der Waals surface area contributed by atoms with Crippen molar-refractivity contribution in [2.45, 2.75) is 18.3 Å². The first kappa shape index (κ1) is 16.3. The van der Waals surface area contributed by atoms with Crippen LogP contribution in [0.25, 0.3) is 0 Å². The van der Waals surface area contributed by atoms with Crippen molar-refractivity contribution in [2.75, 3.05) is 32.9 Å². The maximum absolute atomic E-state index is 12.2. The fourth-order valence-electron chi connectivity index (χ4n) is 2.18. The highest BCUT2D eigenvalue weighted by atomic mass is 32.2. The molecule has 0 spiro atoms. The highest BCUT2D eigenvalue weighted by Gasteiger charge is 2.39. The van der Waals surface area contributed by atoms with Crippen LogP contribution >= 0.6 is 23.1 Å². The Morgan fingerprint density at radius 3 is 2.95 bits per heavy atom. The normalized spacial score (nSPS) is 20.1. The minimum atomic E-state index is -0.443. The van der Waals surface area contributed by atoms with Crippen LogP contribution in [0.3, 0.4) is 0 Å². The van der Waals surface area contributed by atoms with Gasteiger partial charge in [0, 0.05) is 18.0 Å². The lowest BCUT2D eigenvalue weighted by Gasteiger charge is -2.28. The first-order valence-corrected chi connectivity index (χ1v) is 8.82. The van der Waals surface area contributed by atoms with Crippen molar-refractivity contribution in [1.82, 2.24) is 15.1 Å². The third-order valence-corrected chi connectivity index (χ3v) is 5.63. The molecule has 1 aromatic heterocycles. The molecule has 1 saturated heterocycles. The van der Waals surface area contributed by atoms with Crippen LogP contribution in [0, 0.1) is 0 Å². The molecule has 0 aliphatic carbocycles. The van der Waals surface area contributed by atoms with Crippen molar-refractivity contribution in [3.8, 4) is 0 Å². The number of thiophene rings is 1. The number of likely N-dealkylation sites (N-methyl/N-ethyl adjacent to an activating group) is 1. The van der Waals surface area contributed by atoms with Crippen LogP contribution in [0.15, 0.2) is 17.5 Å². The predicted octanol–water partition coefficient (Wildman–Crippen LogP) is 1.39. The van der Waals surface area contributed by atoms with Crippen LogP contribution in [0.5, 0.6) is 0 Å². The number of amides is 2. The summed E-state index contributed by atoms with van der Waals surface area (Å²) in [7, 11) is 3.92. The summed E-state index contributed by atoms with van der Waals surface area (Å²) in [6.45, 7) is 3.18. The second-order valence-electron chi connectivity index (χ2n) is 5.25. The Balaban J connectivity index is 2.00. The number of hydrogen-bond donors (Lipinski definition) is 1. The van der Waals surface area contributed by atoms with E-state index in [1.165, 1.54) is 0 Å². The largest absolute Gasteiger partial charge is 0.353 e. The Morgan fingerprint density at radius 1 is 1.57 bits per heavy atom. The number of rotatable bonds is 6. The highest BCUT2D eigenvalue weighted by Crippen LogP contribution is 2.41. The van der Waals surface area contributed by atoms with Crippen molar-refractivity contribution >= 4 is 34.9 Å². The molecule has 2 heterocycles. The van der Waals surface area contributed by atoms with Gasteiger partial charge >= 0.3 is 0 Å². The molecule has 2 rings (SSSR count). The van der Waals surface area contributed by atoms with E-state index in [4.69, 9.17) is 0 Å². The third kappa shape index (κ3) is 3.99. The Labute approximate surface area is 133 Å². The minimum absolute atomic E-state index is 0.0351. The SMILES string of the molecule is C[C@H](C(=O)NCCN(C)C)N1C(=O)CS[C@H]1c1cccs1. The summed E-state index contributed by atoms with van der Waals surface area (Å²) in [6.07, 6.45) is 0. The Kier molecular flexibility index (Phi) is 5.66. The van der Waals surface area contributed by atoms with Crippen molar-refractivity contribution in [1.29, 1.82) is 0 Å². The van der Waals surface area contributed by atoms with E-state index in [1.54, 1.807) is 34.9 Å². The van der Waals surface area contributed by atoms with Crippen LogP contribution in [0.1, 0.15) is 17.2 Å². The lowest BCUT2D eigenvalue weighted by molar-refractivity contribution is -0.137. The zero-order chi connectivity index (χ0) is 15.4. The molecule has 1 N–H and O–H groups in total. The van der Waals surface area contributed by atoms with Crippen molar-refractivity contribution in [3.05, 3.63) is 22.4 Å². The molecule has 7 heteroatoms. The Morgan fingerprint density at radius 2 is 2.33 bits per heavy atom. The molecule has 116 valence electrons. The molecule has 0 saturated carbocycles. The number of thioether (sulfide) groups is 1. The monoisotopic (exact) mass is 327 g/mol. The Hall–Kier alpha value is -1.05. The van der Waals surface area contributed by atoms with Gasteiger partial charge in [0.15, 0.2) is 0 Å². The molecule has 0 aromatic carbocycles. The molecule has 0 unspecified atom stereocenters. The topological polar surface area (TPSA) is 52.7 Å². The quantitative estimate of drug-likeness (QED) is 0.858. The zero-order valence-corrected chi connectivity index (χ0v) is 14.2. The summed E-state index contributed by atoms with van der Waals surface area (Å²) in [6, 6.07) is 3.55. The summed E-state index contributed by atoms with van der Waals surface area (Å²) in [5.41, 5.74) is 0. The van der Waals surface area contributed by atoms with Crippen LogP contribution < -0.4 is 5.32 Å². The van der Waals surface area contributed by atoms with Crippen molar-refractivity contribution < 1.29 is 9.59 Å². The lowest BCUT2D eigenvalue weighted by Crippen LogP contribution is -2.47. The van der Waals surface area contributed by atoms with E-state index in [1.807, 2.05) is 36.5 Å². The van der Waals surface area contributed by atoms with E-state index in [2.05, 4.69) is 5.32 Å². The first-order chi connectivity index (χ1) is 10.0. The van der Waals surface area contributed by atoms with Gasteiger partial charge in [-0.15, -0.1) is 23.1 Å². The van der Waals surface area contributed by atoms with Gasteiger partial charge in [0.05, 0.1) is 5.75 Å². The Bertz CT molecular complexity index is 490. The summed E-state index contributed by atoms with van der Waals surface area (Å²) in [5.74, 6) is 0.389. The molecule has 2 atom stereocenters. The van der Waals surface area contributed by atoms with Gasteiger partial charge < -0.3 is 15.1 Å². The number of carbonyl (C=O) groups is 2. The van der Waals surface area contributed by atoms with Gasteiger partial charge in [0.1, 0.15) is 11.4 Å². The van der Waals surface area contributed by atoms with E-state index in [0.717, 1.165) is 11.4 Å². The van der Waals surface area contributed by atoms with Crippen LogP contribution in [0.4, 0.5) is 0 Å². The molecule has 1 aliphatic rings. The summed E-state index contributed by atoms with van der Waals surface area (Å²) in [5, 5.41) is 4.86. The van der Waals surface area contributed by atoms with Gasteiger partial charge in [-0.2, -0.15) is 0 Å². The van der Waals surface area contributed by atoms with Crippen LogP contribution in [0.2, 0.25) is 0 Å². The maximum atomic E-state index is 12.2. The third-order valence-electron chi connectivity index (χ3n) is 3.35. The smallest absolute Gasteiger partial charge is 0.242 e. The predicted molar refractivity (Wildman–Crippen MR) is 87.4 cm³/mol. The molecule has 2 amide bonds. The second kappa shape index (κ2) is 7.29. The molecule has 5 nitrogen and oxygen atoms in total. The summed E-state index contributed by atoms with van der Waals surface area (Å²) in [4.78, 5) is 29.2. The van der Waals surface area contributed by atoms with Crippen LogP contribution in [-0.4, -0.2) is 60.6 Å². The van der Waals surface area contributed by atoms with E-state index < -0.39 is 6.04 Å². The number of carbonyl (C=O) groups excluding carboxylic acids is 2. The molecule has 1 aliphatic heterocycles. The van der Waals surface area contributed by atoms with Gasteiger partial charge in [0.2, 0.25) is 11.8 Å². The van der Waals surface area contributed by atoms with Gasteiger partial charge in [-0.3, -0.25) is 9.59 Å².